The Morgan fingerprint density at radius 3 is 3.10 bits per heavy atom. The topological polar surface area (TPSA) is 47.3 Å². The van der Waals surface area contributed by atoms with Gasteiger partial charge in [0.05, 0.1) is 12.3 Å². The van der Waals surface area contributed by atoms with Gasteiger partial charge in [-0.1, -0.05) is 0 Å². The molecule has 1 heterocycles. The predicted octanol–water partition coefficient (Wildman–Crippen LogP) is 0.534. The second kappa shape index (κ2) is 3.34. The van der Waals surface area contributed by atoms with E-state index in [-0.39, 0.29) is 0 Å². The largest absolute Gasteiger partial charge is 0.478 e. The molecule has 0 unspecified atom stereocenters. The minimum absolute atomic E-state index is 0.786. The van der Waals surface area contributed by atoms with E-state index < -0.39 is 0 Å². The van der Waals surface area contributed by atoms with E-state index in [1.165, 1.54) is 0 Å². The fraction of sp³-hybridized carbons (Fsp3) is 0.714. The molecule has 0 aromatic carbocycles. The number of nitrogens with one attached hydrogen (secondary N) is 1. The quantitative estimate of drug-likeness (QED) is 0.591. The van der Waals surface area contributed by atoms with Gasteiger partial charge >= 0.3 is 0 Å². The van der Waals surface area contributed by atoms with E-state index >= 15 is 0 Å². The maximum absolute atomic E-state index is 5.66. The van der Waals surface area contributed by atoms with Gasteiger partial charge in [-0.2, -0.15) is 0 Å². The Morgan fingerprint density at radius 2 is 2.50 bits per heavy atom. The third kappa shape index (κ3) is 1.56. The Kier molecular flexibility index (Phi) is 2.42. The molecule has 0 amide bonds. The van der Waals surface area contributed by atoms with Gasteiger partial charge in [0.2, 0.25) is 5.88 Å². The van der Waals surface area contributed by atoms with Gasteiger partial charge in [0.15, 0.2) is 0 Å². The van der Waals surface area contributed by atoms with Crippen LogP contribution in [0.25, 0.3) is 0 Å². The highest BCUT2D eigenvalue weighted by Crippen LogP contribution is 2.11. The van der Waals surface area contributed by atoms with Crippen LogP contribution in [0.4, 0.5) is 0 Å². The molecule has 1 rings (SSSR count). The van der Waals surface area contributed by atoms with E-state index in [9.17, 15) is 0 Å². The lowest BCUT2D eigenvalue weighted by atomic mass is 10.2. The molecule has 0 fully saturated rings. The van der Waals surface area contributed by atoms with Crippen LogP contribution in [0.1, 0.15) is 19.8 Å². The Labute approximate surface area is 61.2 Å². The van der Waals surface area contributed by atoms with Gasteiger partial charge in [0, 0.05) is 6.54 Å². The summed E-state index contributed by atoms with van der Waals surface area (Å²) in [6.45, 7) is 3.69. The van der Waals surface area contributed by atoms with Crippen LogP contribution in [0.15, 0.2) is 11.6 Å². The number of hydrogen-bond acceptors (Lipinski definition) is 3. The van der Waals surface area contributed by atoms with Crippen molar-refractivity contribution in [3.8, 4) is 0 Å². The molecule has 0 radical (unpaired) electrons. The lowest BCUT2D eigenvalue weighted by molar-refractivity contribution is 0.167. The maximum Gasteiger partial charge on any atom is 0.206 e. The zero-order chi connectivity index (χ0) is 7.40. The van der Waals surface area contributed by atoms with Crippen molar-refractivity contribution in [1.29, 1.82) is 0 Å². The number of nitrogens with two attached hydrogens (primary N) is 1. The third-order valence-electron chi connectivity index (χ3n) is 1.47. The van der Waals surface area contributed by atoms with Gasteiger partial charge in [-0.15, -0.1) is 0 Å². The monoisotopic (exact) mass is 142 g/mol. The normalized spacial score (nSPS) is 18.5. The zero-order valence-electron chi connectivity index (χ0n) is 6.31. The van der Waals surface area contributed by atoms with Crippen LogP contribution in [0.5, 0.6) is 0 Å². The van der Waals surface area contributed by atoms with E-state index in [4.69, 9.17) is 10.5 Å². The summed E-state index contributed by atoms with van der Waals surface area (Å²) in [5, 5.41) is 3.07. The Balaban J connectivity index is 2.50. The highest BCUT2D eigenvalue weighted by molar-refractivity contribution is 5.04. The number of allylic oxidation sites excluding steroid dienone is 1. The first-order valence-electron chi connectivity index (χ1n) is 3.70. The van der Waals surface area contributed by atoms with E-state index in [1.54, 1.807) is 0 Å². The van der Waals surface area contributed by atoms with E-state index in [1.807, 2.05) is 6.92 Å². The second-order valence-corrected chi connectivity index (χ2v) is 2.34. The minimum Gasteiger partial charge on any atom is -0.478 e. The number of rotatable bonds is 2. The molecule has 0 atom stereocenters. The molecular formula is C7H14N2O. The standard InChI is InChI=1S/C7H14N2O/c1-2-9-7-6(8)4-3-5-10-7/h9H,2-5,8H2,1H3. The Hall–Kier alpha value is -0.860. The summed E-state index contributed by atoms with van der Waals surface area (Å²) >= 11 is 0. The molecule has 0 saturated heterocycles. The molecule has 0 aliphatic carbocycles. The molecule has 1 aliphatic rings. The fourth-order valence-electron chi connectivity index (χ4n) is 0.968. The molecule has 0 aromatic rings. The van der Waals surface area contributed by atoms with Crippen molar-refractivity contribution >= 4 is 0 Å². The van der Waals surface area contributed by atoms with Crippen LogP contribution in [-0.4, -0.2) is 13.2 Å². The first-order valence-corrected chi connectivity index (χ1v) is 3.70. The molecule has 3 heteroatoms. The van der Waals surface area contributed by atoms with Crippen LogP contribution in [0.2, 0.25) is 0 Å². The first-order chi connectivity index (χ1) is 4.84. The minimum atomic E-state index is 0.786. The molecule has 1 aliphatic heterocycles. The first kappa shape index (κ1) is 7.25. The number of hydrogen-bond donors (Lipinski definition) is 2. The van der Waals surface area contributed by atoms with Crippen molar-refractivity contribution in [2.45, 2.75) is 19.8 Å². The molecule has 0 bridgehead atoms. The summed E-state index contributed by atoms with van der Waals surface area (Å²) < 4.78 is 5.27. The van der Waals surface area contributed by atoms with Crippen molar-refractivity contribution in [3.63, 3.8) is 0 Å². The van der Waals surface area contributed by atoms with Gasteiger partial charge in [-0.25, -0.2) is 0 Å². The molecule has 3 nitrogen and oxygen atoms in total. The molecule has 0 aromatic heterocycles. The lowest BCUT2D eigenvalue weighted by Crippen LogP contribution is -2.24. The highest BCUT2D eigenvalue weighted by Gasteiger charge is 2.08. The van der Waals surface area contributed by atoms with Gasteiger partial charge in [0.25, 0.3) is 0 Å². The lowest BCUT2D eigenvalue weighted by Gasteiger charge is -2.18. The molecule has 10 heavy (non-hydrogen) atoms. The summed E-state index contributed by atoms with van der Waals surface area (Å²) in [5.41, 5.74) is 6.51. The molecule has 58 valence electrons. The predicted molar refractivity (Wildman–Crippen MR) is 40.1 cm³/mol. The fourth-order valence-corrected chi connectivity index (χ4v) is 0.968. The van der Waals surface area contributed by atoms with Crippen LogP contribution < -0.4 is 11.1 Å². The van der Waals surface area contributed by atoms with Crippen LogP contribution in [0.3, 0.4) is 0 Å². The van der Waals surface area contributed by atoms with Crippen molar-refractivity contribution in [2.75, 3.05) is 13.2 Å². The average molecular weight is 142 g/mol. The van der Waals surface area contributed by atoms with Crippen molar-refractivity contribution < 1.29 is 4.74 Å². The number of ether oxygens (including phenoxy) is 1. The summed E-state index contributed by atoms with van der Waals surface area (Å²) in [6.07, 6.45) is 2.00. The summed E-state index contributed by atoms with van der Waals surface area (Å²) in [5.74, 6) is 0.786. The SMILES string of the molecule is CCNC1=C(N)CCCO1. The van der Waals surface area contributed by atoms with Gasteiger partial charge < -0.3 is 15.8 Å². The van der Waals surface area contributed by atoms with E-state index in [2.05, 4.69) is 5.32 Å². The van der Waals surface area contributed by atoms with Crippen LogP contribution in [0, 0.1) is 0 Å². The van der Waals surface area contributed by atoms with Crippen molar-refractivity contribution in [3.05, 3.63) is 11.6 Å². The van der Waals surface area contributed by atoms with Gasteiger partial charge in [-0.3, -0.25) is 0 Å². The molecule has 0 saturated carbocycles. The van der Waals surface area contributed by atoms with E-state index in [0.29, 0.717) is 0 Å². The van der Waals surface area contributed by atoms with Crippen molar-refractivity contribution in [2.24, 2.45) is 5.73 Å². The van der Waals surface area contributed by atoms with E-state index in [0.717, 1.165) is 37.6 Å². The van der Waals surface area contributed by atoms with Crippen LogP contribution >= 0.6 is 0 Å². The Morgan fingerprint density at radius 1 is 1.70 bits per heavy atom. The highest BCUT2D eigenvalue weighted by atomic mass is 16.5. The van der Waals surface area contributed by atoms with Gasteiger partial charge in [0.1, 0.15) is 0 Å². The summed E-state index contributed by atoms with van der Waals surface area (Å²) in [4.78, 5) is 0. The molecule has 3 N–H and O–H groups in total. The van der Waals surface area contributed by atoms with Crippen molar-refractivity contribution in [1.82, 2.24) is 5.32 Å². The maximum atomic E-state index is 5.66. The zero-order valence-corrected chi connectivity index (χ0v) is 6.31. The molecular weight excluding hydrogens is 128 g/mol. The smallest absolute Gasteiger partial charge is 0.206 e. The Bertz CT molecular complexity index is 143. The van der Waals surface area contributed by atoms with Crippen LogP contribution in [-0.2, 0) is 4.74 Å². The second-order valence-electron chi connectivity index (χ2n) is 2.34. The summed E-state index contributed by atoms with van der Waals surface area (Å²) in [7, 11) is 0. The summed E-state index contributed by atoms with van der Waals surface area (Å²) in [6, 6.07) is 0. The van der Waals surface area contributed by atoms with Gasteiger partial charge in [-0.05, 0) is 19.8 Å². The molecule has 0 spiro atoms. The third-order valence-corrected chi connectivity index (χ3v) is 1.47. The average Bonchev–Trinajstić information content (AvgIpc) is 1.94.